The Morgan fingerprint density at radius 2 is 1.24 bits per heavy atom. The quantitative estimate of drug-likeness (QED) is 0.192. The highest BCUT2D eigenvalue weighted by atomic mass is 16.3. The third-order valence-corrected chi connectivity index (χ3v) is 14.9. The second-order valence-corrected chi connectivity index (χ2v) is 18.2. The number of allylic oxidation sites excluding steroid dienone is 2. The molecule has 1 N–H and O–H groups in total. The first kappa shape index (κ1) is 34.8. The van der Waals surface area contributed by atoms with Crippen molar-refractivity contribution in [2.24, 2.45) is 4.99 Å². The molecule has 0 saturated carbocycles. The third-order valence-electron chi connectivity index (χ3n) is 14.9. The molecular weight excluding hydrogens is 807 g/mol. The van der Waals surface area contributed by atoms with Crippen molar-refractivity contribution in [1.82, 2.24) is 5.32 Å². The van der Waals surface area contributed by atoms with Crippen LogP contribution in [0, 0.1) is 0 Å². The van der Waals surface area contributed by atoms with Gasteiger partial charge in [-0.15, -0.1) is 0 Å². The van der Waals surface area contributed by atoms with Crippen LogP contribution in [0.4, 0.5) is 11.4 Å². The summed E-state index contributed by atoms with van der Waals surface area (Å²) in [6, 6.07) is 63.8. The minimum absolute atomic E-state index is 0.00564. The third kappa shape index (κ3) is 4.28. The zero-order valence-electron chi connectivity index (χ0n) is 35.3. The van der Waals surface area contributed by atoms with Gasteiger partial charge in [0.2, 0.25) is 0 Å². The molecule has 2 atom stereocenters. The summed E-state index contributed by atoms with van der Waals surface area (Å²) in [6.45, 7) is 0. The summed E-state index contributed by atoms with van der Waals surface area (Å²) < 4.78 is 13.6. The van der Waals surface area contributed by atoms with Gasteiger partial charge in [-0.1, -0.05) is 146 Å². The Hall–Kier alpha value is -8.67. The monoisotopic (exact) mass is 841 g/mol. The topological polar surface area (TPSA) is 53.9 Å². The summed E-state index contributed by atoms with van der Waals surface area (Å²) >= 11 is 0. The average Bonchev–Trinajstić information content (AvgIpc) is 4.16. The molecule has 0 bridgehead atoms. The number of para-hydroxylation sites is 1. The van der Waals surface area contributed by atoms with Crippen LogP contribution in [-0.4, -0.2) is 11.9 Å². The van der Waals surface area contributed by atoms with Crippen molar-refractivity contribution in [3.05, 3.63) is 234 Å². The van der Waals surface area contributed by atoms with Crippen molar-refractivity contribution >= 4 is 77.6 Å². The van der Waals surface area contributed by atoms with E-state index >= 15 is 0 Å². The van der Waals surface area contributed by atoms with E-state index in [2.05, 4.69) is 210 Å². The van der Waals surface area contributed by atoms with E-state index in [1.165, 1.54) is 66.2 Å². The molecule has 0 amide bonds. The van der Waals surface area contributed by atoms with Gasteiger partial charge in [0.15, 0.2) is 0 Å². The van der Waals surface area contributed by atoms with Gasteiger partial charge in [-0.25, -0.2) is 4.99 Å². The number of anilines is 2. The van der Waals surface area contributed by atoms with Crippen LogP contribution in [0.3, 0.4) is 0 Å². The zero-order valence-corrected chi connectivity index (χ0v) is 35.3. The van der Waals surface area contributed by atoms with E-state index in [4.69, 9.17) is 13.8 Å². The van der Waals surface area contributed by atoms with Crippen LogP contribution in [0.2, 0.25) is 0 Å². The molecule has 3 aliphatic carbocycles. The highest BCUT2D eigenvalue weighted by Crippen LogP contribution is 2.70. The van der Waals surface area contributed by atoms with Crippen LogP contribution in [0.1, 0.15) is 27.8 Å². The summed E-state index contributed by atoms with van der Waals surface area (Å²) in [5, 5.41) is 10.7. The van der Waals surface area contributed by atoms with Crippen molar-refractivity contribution < 1.29 is 8.83 Å². The standard InChI is InChI=1S/C61H35N3O2/c1-2-12-34(13-3-1)35-14-10-15-36(30-35)59-44-17-5-8-22-49(44)62-60(63-59)37-24-29-52-47(31-37)40-26-25-38(32-53(40)65-52)64-50-33-54-55(45-18-6-9-23-51(45)66-54)46-28-27-43-42-20-11-19-41-39-16-4-7-21-48(39)61(64,57(41)42)58(43)56(46)50/h1-33,49H,(H,62,63). The Kier molecular flexibility index (Phi) is 6.49. The maximum atomic E-state index is 6.85. The van der Waals surface area contributed by atoms with Crippen molar-refractivity contribution in [3.63, 3.8) is 0 Å². The summed E-state index contributed by atoms with van der Waals surface area (Å²) in [4.78, 5) is 7.99. The molecule has 0 saturated heterocycles. The molecule has 66 heavy (non-hydrogen) atoms. The molecule has 9 aromatic carbocycles. The Balaban J connectivity index is 0.881. The van der Waals surface area contributed by atoms with E-state index < -0.39 is 5.54 Å². The van der Waals surface area contributed by atoms with Gasteiger partial charge in [-0.05, 0) is 86.8 Å². The van der Waals surface area contributed by atoms with Gasteiger partial charge < -0.3 is 19.1 Å². The molecule has 11 aromatic rings. The first-order valence-electron chi connectivity index (χ1n) is 22.7. The molecule has 0 radical (unpaired) electrons. The number of nitrogens with zero attached hydrogens (tertiary/aromatic N) is 2. The van der Waals surface area contributed by atoms with Crippen molar-refractivity contribution in [2.45, 2.75) is 11.6 Å². The number of fused-ring (bicyclic) bond motifs is 11. The molecule has 5 heteroatoms. The van der Waals surface area contributed by atoms with Gasteiger partial charge in [-0.2, -0.15) is 0 Å². The van der Waals surface area contributed by atoms with Crippen LogP contribution in [0.25, 0.3) is 93.7 Å². The van der Waals surface area contributed by atoms with Gasteiger partial charge in [-0.3, -0.25) is 0 Å². The fraction of sp³-hybridized carbons (Fsp3) is 0.0328. The van der Waals surface area contributed by atoms with E-state index in [1.807, 2.05) is 0 Å². The largest absolute Gasteiger partial charge is 0.456 e. The maximum Gasteiger partial charge on any atom is 0.138 e. The molecule has 2 aliphatic heterocycles. The second kappa shape index (κ2) is 12.3. The number of hydrogen-bond acceptors (Lipinski definition) is 5. The van der Waals surface area contributed by atoms with Crippen molar-refractivity contribution in [1.29, 1.82) is 0 Å². The molecule has 2 unspecified atom stereocenters. The Morgan fingerprint density at radius 1 is 0.485 bits per heavy atom. The van der Waals surface area contributed by atoms with Crippen LogP contribution < -0.4 is 10.2 Å². The lowest BCUT2D eigenvalue weighted by molar-refractivity contribution is 0.663. The van der Waals surface area contributed by atoms with E-state index in [0.717, 1.165) is 78.1 Å². The zero-order chi connectivity index (χ0) is 42.8. The Bertz CT molecular complexity index is 4160. The highest BCUT2D eigenvalue weighted by molar-refractivity contribution is 6.27. The number of benzene rings is 9. The molecule has 1 spiro atoms. The lowest BCUT2D eigenvalue weighted by atomic mass is 9.83. The Morgan fingerprint density at radius 3 is 2.20 bits per heavy atom. The predicted octanol–water partition coefficient (Wildman–Crippen LogP) is 15.0. The summed E-state index contributed by atoms with van der Waals surface area (Å²) in [7, 11) is 0. The number of rotatable bonds is 4. The maximum absolute atomic E-state index is 6.85. The number of nitrogens with one attached hydrogen (secondary N) is 1. The van der Waals surface area contributed by atoms with Crippen molar-refractivity contribution in [2.75, 3.05) is 4.90 Å². The van der Waals surface area contributed by atoms with Gasteiger partial charge in [0.1, 0.15) is 33.7 Å². The van der Waals surface area contributed by atoms with E-state index in [-0.39, 0.29) is 6.04 Å². The smallest absolute Gasteiger partial charge is 0.138 e. The molecule has 4 heterocycles. The average molecular weight is 842 g/mol. The van der Waals surface area contributed by atoms with Crippen LogP contribution in [0.15, 0.2) is 220 Å². The van der Waals surface area contributed by atoms with E-state index in [0.29, 0.717) is 0 Å². The fourth-order valence-electron chi connectivity index (χ4n) is 12.3. The predicted molar refractivity (Wildman–Crippen MR) is 268 cm³/mol. The van der Waals surface area contributed by atoms with E-state index in [1.54, 1.807) is 0 Å². The van der Waals surface area contributed by atoms with Crippen LogP contribution >= 0.6 is 0 Å². The fourth-order valence-corrected chi connectivity index (χ4v) is 12.3. The van der Waals surface area contributed by atoms with Gasteiger partial charge in [0, 0.05) is 72.6 Å². The molecule has 2 aromatic heterocycles. The lowest BCUT2D eigenvalue weighted by Crippen LogP contribution is -2.39. The normalized spacial score (nSPS) is 18.2. The highest BCUT2D eigenvalue weighted by Gasteiger charge is 2.60. The van der Waals surface area contributed by atoms with Crippen LogP contribution in [-0.2, 0) is 5.54 Å². The molecule has 0 fully saturated rings. The number of aliphatic imine (C=N–C) groups is 1. The van der Waals surface area contributed by atoms with Gasteiger partial charge in [0.05, 0.1) is 17.4 Å². The second-order valence-electron chi connectivity index (χ2n) is 18.2. The molecule has 306 valence electrons. The number of furan rings is 2. The summed E-state index contributed by atoms with van der Waals surface area (Å²) in [5.41, 5.74) is 20.9. The van der Waals surface area contributed by atoms with Gasteiger partial charge >= 0.3 is 0 Å². The first-order chi connectivity index (χ1) is 32.7. The molecule has 5 aliphatic rings. The molecule has 16 rings (SSSR count). The van der Waals surface area contributed by atoms with Crippen molar-refractivity contribution in [3.8, 4) is 33.4 Å². The van der Waals surface area contributed by atoms with Crippen LogP contribution in [0.5, 0.6) is 0 Å². The summed E-state index contributed by atoms with van der Waals surface area (Å²) in [5.74, 6) is 0.835. The first-order valence-corrected chi connectivity index (χ1v) is 22.7. The minimum atomic E-state index is -0.570. The van der Waals surface area contributed by atoms with E-state index in [9.17, 15) is 0 Å². The Labute approximate surface area is 378 Å². The number of amidine groups is 1. The number of hydrogen-bond donors (Lipinski definition) is 1. The molecule has 5 nitrogen and oxygen atoms in total. The SMILES string of the molecule is C1=CC2=C(c3cccc(-c4ccccc4)c3)N=C(c3ccc4oc5cc(N6c7cc8oc9ccccc9c8c8ccc9c(c78)C67c6ccccc6-c6cccc-9c67)ccc5c4c3)NC2C=C1. The summed E-state index contributed by atoms with van der Waals surface area (Å²) in [6.07, 6.45) is 8.61. The minimum Gasteiger partial charge on any atom is -0.456 e. The lowest BCUT2D eigenvalue weighted by Gasteiger charge is -2.38. The van der Waals surface area contributed by atoms with Gasteiger partial charge in [0.25, 0.3) is 0 Å². The molecular formula is C61H35N3O2.